The summed E-state index contributed by atoms with van der Waals surface area (Å²) in [5.41, 5.74) is 3.84. The number of hydrogen-bond donors (Lipinski definition) is 2. The highest BCUT2D eigenvalue weighted by molar-refractivity contribution is 5.95. The van der Waals surface area contributed by atoms with Crippen molar-refractivity contribution in [2.24, 2.45) is 22.0 Å². The third-order valence-corrected chi connectivity index (χ3v) is 7.56. The van der Waals surface area contributed by atoms with Crippen LogP contribution in [0.3, 0.4) is 0 Å². The van der Waals surface area contributed by atoms with Crippen LogP contribution in [0.5, 0.6) is 0 Å². The lowest BCUT2D eigenvalue weighted by Gasteiger charge is -2.30. The first-order valence-electron chi connectivity index (χ1n) is 10.6. The van der Waals surface area contributed by atoms with Gasteiger partial charge >= 0.3 is 5.91 Å². The monoisotopic (exact) mass is 371 g/mol. The number of fused-ring (bicyclic) bond motifs is 4. The van der Waals surface area contributed by atoms with E-state index in [1.807, 2.05) is 6.92 Å². The molecule has 0 aromatic heterocycles. The molecule has 0 unspecified atom stereocenters. The van der Waals surface area contributed by atoms with E-state index in [4.69, 9.17) is 15.2 Å². The number of rotatable bonds is 0. The van der Waals surface area contributed by atoms with Crippen LogP contribution in [0, 0.1) is 38.9 Å². The molecule has 2 heterocycles. The number of ether oxygens (including phenoxy) is 2. The van der Waals surface area contributed by atoms with Crippen LogP contribution in [0.15, 0.2) is 0 Å². The fourth-order valence-electron chi connectivity index (χ4n) is 6.41. The van der Waals surface area contributed by atoms with Gasteiger partial charge in [-0.1, -0.05) is 57.8 Å². The van der Waals surface area contributed by atoms with Crippen molar-refractivity contribution < 1.29 is 14.5 Å². The van der Waals surface area contributed by atoms with E-state index in [2.05, 4.69) is 17.1 Å². The molecule has 0 aromatic carbocycles. The van der Waals surface area contributed by atoms with Crippen molar-refractivity contribution in [1.82, 2.24) is 0 Å². The Morgan fingerprint density at radius 2 is 1.52 bits per heavy atom. The zero-order valence-electron chi connectivity index (χ0n) is 16.4. The average Bonchev–Trinajstić information content (AvgIpc) is 2.81. The Morgan fingerprint density at radius 1 is 0.963 bits per heavy atom. The number of nitrogens with zero attached hydrogens (tertiary/aromatic N) is 2. The minimum absolute atomic E-state index is 0.131. The second kappa shape index (κ2) is 6.47. The second-order valence-corrected chi connectivity index (χ2v) is 8.88. The molecule has 0 radical (unpaired) electrons. The molecule has 0 amide bonds. The molecule has 0 aromatic rings. The second-order valence-electron chi connectivity index (χ2n) is 8.88. The molecule has 2 spiro atoms. The SMILES string of the molecule is C[C@H]1CO[C@]2([NH+]=C(N)[C@@]3(C#N)C4(CCCCCCCCCCC4)[C@@]23C#N)O1. The van der Waals surface area contributed by atoms with Crippen molar-refractivity contribution in [3.63, 3.8) is 0 Å². The first-order valence-corrected chi connectivity index (χ1v) is 10.6. The Kier molecular flexibility index (Phi) is 4.48. The summed E-state index contributed by atoms with van der Waals surface area (Å²) in [7, 11) is 0. The molecular weight excluding hydrogens is 340 g/mol. The lowest BCUT2D eigenvalue weighted by Crippen LogP contribution is -2.90. The molecule has 2 saturated carbocycles. The third kappa shape index (κ3) is 2.09. The largest absolute Gasteiger partial charge is 0.343 e. The first-order chi connectivity index (χ1) is 13.1. The zero-order valence-corrected chi connectivity index (χ0v) is 16.4. The minimum Gasteiger partial charge on any atom is -0.311 e. The van der Waals surface area contributed by atoms with Crippen molar-refractivity contribution in [3.8, 4) is 12.1 Å². The highest BCUT2D eigenvalue weighted by Crippen LogP contribution is 2.86. The zero-order chi connectivity index (χ0) is 19.2. The molecule has 6 nitrogen and oxygen atoms in total. The van der Waals surface area contributed by atoms with Gasteiger partial charge in [0.15, 0.2) is 10.8 Å². The van der Waals surface area contributed by atoms with Crippen molar-refractivity contribution in [2.75, 3.05) is 6.61 Å². The summed E-state index contributed by atoms with van der Waals surface area (Å²) in [5, 5.41) is 20.7. The fourth-order valence-corrected chi connectivity index (χ4v) is 6.41. The van der Waals surface area contributed by atoms with Crippen LogP contribution in [-0.4, -0.2) is 24.5 Å². The number of nitriles is 2. The van der Waals surface area contributed by atoms with Crippen molar-refractivity contribution in [2.45, 2.75) is 89.6 Å². The summed E-state index contributed by atoms with van der Waals surface area (Å²) in [6.45, 7) is 2.33. The molecule has 4 atom stereocenters. The standard InChI is InChI=1S/C21H30N4O2/c1-16-13-26-21(27-16)20(15-23)18(19(20,14-22)17(24)25-21)11-9-7-5-3-2-4-6-8-10-12-18/h16H,2-13H2,1H3,(H2,24,25)/p+1/t16-,19-,20+,21-/m0/s1. The van der Waals surface area contributed by atoms with Gasteiger partial charge in [0.25, 0.3) is 5.84 Å². The Balaban J connectivity index is 1.75. The minimum atomic E-state index is -1.28. The van der Waals surface area contributed by atoms with Gasteiger partial charge in [-0.25, -0.2) is 4.99 Å². The Labute approximate surface area is 161 Å². The maximum absolute atomic E-state index is 10.4. The van der Waals surface area contributed by atoms with E-state index in [9.17, 15) is 10.5 Å². The summed E-state index contributed by atoms with van der Waals surface area (Å²) in [5.74, 6) is -0.911. The molecule has 1 saturated heterocycles. The summed E-state index contributed by atoms with van der Waals surface area (Å²) in [4.78, 5) is 3.11. The van der Waals surface area contributed by atoms with Crippen LogP contribution in [0.25, 0.3) is 0 Å². The van der Waals surface area contributed by atoms with Gasteiger partial charge in [0.05, 0.1) is 24.8 Å². The lowest BCUT2D eigenvalue weighted by atomic mass is 9.80. The predicted octanol–water partition coefficient (Wildman–Crippen LogP) is 1.85. The molecule has 146 valence electrons. The smallest absolute Gasteiger partial charge is 0.311 e. The number of hydrogen-bond acceptors (Lipinski definition) is 5. The highest BCUT2D eigenvalue weighted by atomic mass is 16.8. The molecular formula is C21H31N4O2+. The third-order valence-electron chi connectivity index (χ3n) is 7.56. The summed E-state index contributed by atoms with van der Waals surface area (Å²) in [6, 6.07) is 5.01. The fraction of sp³-hybridized carbons (Fsp3) is 0.857. The number of amidine groups is 1. The summed E-state index contributed by atoms with van der Waals surface area (Å²) in [6.07, 6.45) is 12.2. The molecule has 3 fully saturated rings. The molecule has 4 rings (SSSR count). The number of nitrogens with two attached hydrogens (primary N) is 1. The van der Waals surface area contributed by atoms with E-state index >= 15 is 0 Å². The maximum atomic E-state index is 10.4. The van der Waals surface area contributed by atoms with E-state index in [1.54, 1.807) is 0 Å². The quantitative estimate of drug-likeness (QED) is 0.676. The highest BCUT2D eigenvalue weighted by Gasteiger charge is 3.03. The number of nitrogens with one attached hydrogen (secondary N) is 1. The van der Waals surface area contributed by atoms with Crippen LogP contribution < -0.4 is 10.7 Å². The Bertz CT molecular complexity index is 711. The topological polar surface area (TPSA) is 106 Å². The van der Waals surface area contributed by atoms with E-state index < -0.39 is 22.2 Å². The lowest BCUT2D eigenvalue weighted by molar-refractivity contribution is -0.680. The maximum Gasteiger partial charge on any atom is 0.343 e. The average molecular weight is 372 g/mol. The molecule has 6 heteroatoms. The molecule has 2 aliphatic carbocycles. The summed E-state index contributed by atoms with van der Waals surface area (Å²) < 4.78 is 12.2. The molecule has 4 aliphatic rings. The molecule has 0 bridgehead atoms. The van der Waals surface area contributed by atoms with Gasteiger partial charge < -0.3 is 9.47 Å². The van der Waals surface area contributed by atoms with Crippen LogP contribution in [0.2, 0.25) is 0 Å². The van der Waals surface area contributed by atoms with Crippen LogP contribution >= 0.6 is 0 Å². The molecule has 2 aliphatic heterocycles. The van der Waals surface area contributed by atoms with Crippen LogP contribution in [0.4, 0.5) is 0 Å². The van der Waals surface area contributed by atoms with E-state index in [0.29, 0.717) is 12.4 Å². The van der Waals surface area contributed by atoms with Crippen molar-refractivity contribution in [1.29, 1.82) is 10.5 Å². The van der Waals surface area contributed by atoms with Gasteiger partial charge in [-0.15, -0.1) is 0 Å². The van der Waals surface area contributed by atoms with Gasteiger partial charge in [0.2, 0.25) is 0 Å². The van der Waals surface area contributed by atoms with Crippen LogP contribution in [0.1, 0.15) is 77.6 Å². The van der Waals surface area contributed by atoms with Gasteiger partial charge in [-0.05, 0) is 19.8 Å². The first kappa shape index (κ1) is 18.7. The predicted molar refractivity (Wildman–Crippen MR) is 98.7 cm³/mol. The summed E-state index contributed by atoms with van der Waals surface area (Å²) >= 11 is 0. The van der Waals surface area contributed by atoms with E-state index in [-0.39, 0.29) is 6.10 Å². The van der Waals surface area contributed by atoms with E-state index in [1.165, 1.54) is 32.1 Å². The normalized spacial score (nSPS) is 43.8. The van der Waals surface area contributed by atoms with Gasteiger partial charge in [0.1, 0.15) is 0 Å². The molecule has 3 N–H and O–H groups in total. The Morgan fingerprint density at radius 3 is 1.96 bits per heavy atom. The Hall–Kier alpha value is -1.63. The van der Waals surface area contributed by atoms with E-state index in [0.717, 1.165) is 38.5 Å². The van der Waals surface area contributed by atoms with Gasteiger partial charge in [-0.3, -0.25) is 5.73 Å². The van der Waals surface area contributed by atoms with Gasteiger partial charge in [0, 0.05) is 5.41 Å². The molecule has 27 heavy (non-hydrogen) atoms. The van der Waals surface area contributed by atoms with Crippen molar-refractivity contribution in [3.05, 3.63) is 0 Å². The van der Waals surface area contributed by atoms with Crippen molar-refractivity contribution >= 4 is 5.84 Å². The van der Waals surface area contributed by atoms with Crippen LogP contribution in [-0.2, 0) is 9.47 Å². The van der Waals surface area contributed by atoms with Gasteiger partial charge in [-0.2, -0.15) is 10.5 Å².